The van der Waals surface area contributed by atoms with Gasteiger partial charge in [0.05, 0.1) is 22.9 Å². The van der Waals surface area contributed by atoms with Crippen molar-refractivity contribution in [3.8, 4) is 0 Å². The van der Waals surface area contributed by atoms with Gasteiger partial charge in [-0.15, -0.1) is 0 Å². The molecule has 0 N–H and O–H groups in total. The van der Waals surface area contributed by atoms with Gasteiger partial charge in [0.2, 0.25) is 10.0 Å². The number of sulfonamides is 1. The fraction of sp³-hybridized carbons (Fsp3) is 0.750. The Hall–Kier alpha value is -0.930. The van der Waals surface area contributed by atoms with E-state index in [9.17, 15) is 16.8 Å². The molecule has 120 valence electrons. The smallest absolute Gasteiger partial charge is 0.246 e. The molecule has 0 amide bonds. The van der Waals surface area contributed by atoms with Gasteiger partial charge in [0, 0.05) is 20.1 Å². The third-order valence-corrected chi connectivity index (χ3v) is 7.75. The number of hydrogen-bond acceptors (Lipinski definition) is 5. The molecule has 2 heterocycles. The van der Waals surface area contributed by atoms with Crippen LogP contribution in [0.2, 0.25) is 0 Å². The van der Waals surface area contributed by atoms with Crippen molar-refractivity contribution >= 4 is 19.9 Å². The first kappa shape index (κ1) is 16.4. The Balaban J connectivity index is 2.44. The van der Waals surface area contributed by atoms with Crippen LogP contribution in [0.25, 0.3) is 0 Å². The van der Waals surface area contributed by atoms with E-state index >= 15 is 0 Å². The van der Waals surface area contributed by atoms with Crippen LogP contribution >= 0.6 is 0 Å². The van der Waals surface area contributed by atoms with Crippen molar-refractivity contribution in [1.29, 1.82) is 0 Å². The molecule has 2 rings (SSSR count). The van der Waals surface area contributed by atoms with E-state index < -0.39 is 19.9 Å². The predicted molar refractivity (Wildman–Crippen MR) is 79.3 cm³/mol. The molecule has 1 atom stereocenters. The van der Waals surface area contributed by atoms with Crippen molar-refractivity contribution in [2.24, 2.45) is 13.0 Å². The largest absolute Gasteiger partial charge is 0.271 e. The first-order valence-electron chi connectivity index (χ1n) is 6.75. The molecule has 1 aromatic rings. The van der Waals surface area contributed by atoms with Crippen LogP contribution in [0.5, 0.6) is 0 Å². The number of hydrogen-bond donors (Lipinski definition) is 0. The zero-order chi connectivity index (χ0) is 16.0. The van der Waals surface area contributed by atoms with Crippen LogP contribution in [0.1, 0.15) is 18.3 Å². The molecular formula is C12H21N3O4S2. The fourth-order valence-electron chi connectivity index (χ4n) is 2.72. The molecule has 1 fully saturated rings. The van der Waals surface area contributed by atoms with E-state index in [1.165, 1.54) is 8.99 Å². The number of aromatic nitrogens is 2. The molecule has 1 saturated heterocycles. The molecule has 7 nitrogen and oxygen atoms in total. The second-order valence-corrected chi connectivity index (χ2v) is 9.81. The van der Waals surface area contributed by atoms with E-state index in [4.69, 9.17) is 0 Å². The van der Waals surface area contributed by atoms with Crippen molar-refractivity contribution in [2.45, 2.75) is 25.7 Å². The number of rotatable bonds is 2. The van der Waals surface area contributed by atoms with Gasteiger partial charge in [-0.1, -0.05) is 6.92 Å². The van der Waals surface area contributed by atoms with Crippen molar-refractivity contribution in [3.63, 3.8) is 0 Å². The Morgan fingerprint density at radius 2 is 1.90 bits per heavy atom. The summed E-state index contributed by atoms with van der Waals surface area (Å²) in [6.45, 7) is 5.33. The minimum Gasteiger partial charge on any atom is -0.271 e. The summed E-state index contributed by atoms with van der Waals surface area (Å²) in [6.07, 6.45) is 0. The monoisotopic (exact) mass is 335 g/mol. The van der Waals surface area contributed by atoms with E-state index in [-0.39, 0.29) is 35.4 Å². The summed E-state index contributed by atoms with van der Waals surface area (Å²) < 4.78 is 52.0. The van der Waals surface area contributed by atoms with Crippen LogP contribution in [0.15, 0.2) is 4.90 Å². The van der Waals surface area contributed by atoms with Crippen LogP contribution in [-0.4, -0.2) is 55.5 Å². The maximum Gasteiger partial charge on any atom is 0.246 e. The second kappa shape index (κ2) is 5.36. The molecule has 1 unspecified atom stereocenters. The van der Waals surface area contributed by atoms with E-state index in [0.29, 0.717) is 11.4 Å². The topological polar surface area (TPSA) is 89.3 Å². The third kappa shape index (κ3) is 3.14. The summed E-state index contributed by atoms with van der Waals surface area (Å²) in [5.41, 5.74) is 1.00. The van der Waals surface area contributed by atoms with Gasteiger partial charge in [-0.3, -0.25) is 4.68 Å². The molecule has 0 bridgehead atoms. The fourth-order valence-corrected chi connectivity index (χ4v) is 6.44. The van der Waals surface area contributed by atoms with Gasteiger partial charge in [0.1, 0.15) is 4.90 Å². The van der Waals surface area contributed by atoms with Gasteiger partial charge in [0.15, 0.2) is 9.84 Å². The molecule has 1 aliphatic rings. The number of aryl methyl sites for hydroxylation is 2. The van der Waals surface area contributed by atoms with E-state index in [2.05, 4.69) is 5.10 Å². The zero-order valence-corrected chi connectivity index (χ0v) is 14.3. The van der Waals surface area contributed by atoms with Crippen molar-refractivity contribution in [3.05, 3.63) is 11.4 Å². The highest BCUT2D eigenvalue weighted by molar-refractivity contribution is 7.91. The number of nitrogens with zero attached hydrogens (tertiary/aromatic N) is 3. The summed E-state index contributed by atoms with van der Waals surface area (Å²) in [6, 6.07) is 0. The molecule has 0 aliphatic carbocycles. The summed E-state index contributed by atoms with van der Waals surface area (Å²) in [7, 11) is -5.22. The van der Waals surface area contributed by atoms with Gasteiger partial charge >= 0.3 is 0 Å². The minimum atomic E-state index is -3.72. The molecular weight excluding hydrogens is 314 g/mol. The molecule has 0 radical (unpaired) electrons. The van der Waals surface area contributed by atoms with Gasteiger partial charge in [-0.25, -0.2) is 16.8 Å². The number of sulfone groups is 1. The Bertz CT molecular complexity index is 750. The minimum absolute atomic E-state index is 0.00276. The molecule has 9 heteroatoms. The maximum atomic E-state index is 12.8. The quantitative estimate of drug-likeness (QED) is 0.764. The second-order valence-electron chi connectivity index (χ2n) is 5.71. The lowest BCUT2D eigenvalue weighted by Crippen LogP contribution is -2.36. The van der Waals surface area contributed by atoms with Crippen molar-refractivity contribution < 1.29 is 16.8 Å². The average Bonchev–Trinajstić information content (AvgIpc) is 2.49. The molecule has 0 saturated carbocycles. The van der Waals surface area contributed by atoms with E-state index in [0.717, 1.165) is 0 Å². The highest BCUT2D eigenvalue weighted by Crippen LogP contribution is 2.25. The van der Waals surface area contributed by atoms with Gasteiger partial charge in [-0.05, 0) is 19.8 Å². The van der Waals surface area contributed by atoms with Gasteiger partial charge in [0.25, 0.3) is 0 Å². The first-order valence-corrected chi connectivity index (χ1v) is 10.0. The molecule has 21 heavy (non-hydrogen) atoms. The highest BCUT2D eigenvalue weighted by Gasteiger charge is 2.35. The molecule has 0 aromatic carbocycles. The van der Waals surface area contributed by atoms with Crippen molar-refractivity contribution in [1.82, 2.24) is 14.1 Å². The SMILES string of the molecule is Cc1nn(C)c(C)c1S(=O)(=O)N1CCS(=O)(=O)CC(C)C1. The normalized spacial score (nSPS) is 23.9. The van der Waals surface area contributed by atoms with E-state index in [1.54, 1.807) is 27.8 Å². The molecule has 1 aliphatic heterocycles. The predicted octanol–water partition coefficient (Wildman–Crippen LogP) is 0.0921. The lowest BCUT2D eigenvalue weighted by Gasteiger charge is -2.21. The highest BCUT2D eigenvalue weighted by atomic mass is 32.2. The van der Waals surface area contributed by atoms with Crippen LogP contribution < -0.4 is 0 Å². The Morgan fingerprint density at radius 3 is 2.43 bits per heavy atom. The average molecular weight is 335 g/mol. The Kier molecular flexibility index (Phi) is 4.20. The van der Waals surface area contributed by atoms with Gasteiger partial charge in [-0.2, -0.15) is 9.40 Å². The standard InChI is InChI=1S/C12H21N3O4S2/c1-9-7-15(5-6-20(16,17)8-9)21(18,19)12-10(2)13-14(4)11(12)3/h9H,5-8H2,1-4H3. The lowest BCUT2D eigenvalue weighted by atomic mass is 10.2. The Labute approximate surface area is 125 Å². The van der Waals surface area contributed by atoms with Crippen LogP contribution in [0.3, 0.4) is 0 Å². The van der Waals surface area contributed by atoms with E-state index in [1.807, 2.05) is 0 Å². The van der Waals surface area contributed by atoms with Crippen LogP contribution in [-0.2, 0) is 26.9 Å². The van der Waals surface area contributed by atoms with Crippen LogP contribution in [0, 0.1) is 19.8 Å². The zero-order valence-electron chi connectivity index (χ0n) is 12.7. The Morgan fingerprint density at radius 1 is 1.29 bits per heavy atom. The summed E-state index contributed by atoms with van der Waals surface area (Å²) in [5.74, 6) is -0.316. The van der Waals surface area contributed by atoms with Crippen molar-refractivity contribution in [2.75, 3.05) is 24.6 Å². The third-order valence-electron chi connectivity index (χ3n) is 3.75. The molecule has 0 spiro atoms. The summed E-state index contributed by atoms with van der Waals surface area (Å²) >= 11 is 0. The molecule has 1 aromatic heterocycles. The van der Waals surface area contributed by atoms with Crippen LogP contribution in [0.4, 0.5) is 0 Å². The summed E-state index contributed by atoms with van der Waals surface area (Å²) in [5, 5.41) is 4.14. The lowest BCUT2D eigenvalue weighted by molar-refractivity contribution is 0.391. The maximum absolute atomic E-state index is 12.8. The van der Waals surface area contributed by atoms with Gasteiger partial charge < -0.3 is 0 Å². The first-order chi connectivity index (χ1) is 9.54. The summed E-state index contributed by atoms with van der Waals surface area (Å²) in [4.78, 5) is 0.191.